The zero-order valence-electron chi connectivity index (χ0n) is 21.2. The number of anilines is 2. The highest BCUT2D eigenvalue weighted by atomic mass is 16.5. The molecule has 3 aromatic rings. The van der Waals surface area contributed by atoms with Gasteiger partial charge in [0.2, 0.25) is 0 Å². The van der Waals surface area contributed by atoms with Crippen LogP contribution in [0.3, 0.4) is 0 Å². The van der Waals surface area contributed by atoms with Crippen molar-refractivity contribution in [3.8, 4) is 0 Å². The Hall–Kier alpha value is -3.60. The molecule has 1 heterocycles. The van der Waals surface area contributed by atoms with Crippen molar-refractivity contribution in [2.75, 3.05) is 23.5 Å². The van der Waals surface area contributed by atoms with Crippen LogP contribution in [0.4, 0.5) is 11.4 Å². The minimum absolute atomic E-state index is 0.0110. The van der Waals surface area contributed by atoms with Gasteiger partial charge in [-0.3, -0.25) is 9.59 Å². The van der Waals surface area contributed by atoms with E-state index in [9.17, 15) is 9.59 Å². The highest BCUT2D eigenvalue weighted by molar-refractivity contribution is 6.07. The number of fused-ring (bicyclic) bond motifs is 1. The molecule has 0 saturated heterocycles. The Morgan fingerprint density at radius 3 is 2.20 bits per heavy atom. The maximum atomic E-state index is 13.7. The highest BCUT2D eigenvalue weighted by Crippen LogP contribution is 2.42. The maximum absolute atomic E-state index is 13.7. The molecule has 2 atom stereocenters. The van der Waals surface area contributed by atoms with E-state index >= 15 is 0 Å². The lowest BCUT2D eigenvalue weighted by Crippen LogP contribution is -2.47. The van der Waals surface area contributed by atoms with E-state index in [4.69, 9.17) is 4.74 Å². The third kappa shape index (κ3) is 5.09. The molecule has 0 radical (unpaired) electrons. The molecule has 0 spiro atoms. The molecule has 0 bridgehead atoms. The first kappa shape index (κ1) is 24.5. The van der Waals surface area contributed by atoms with Crippen LogP contribution in [0.2, 0.25) is 0 Å². The first-order valence-corrected chi connectivity index (χ1v) is 12.1. The van der Waals surface area contributed by atoms with Gasteiger partial charge in [0.1, 0.15) is 6.54 Å². The zero-order chi connectivity index (χ0) is 25.2. The van der Waals surface area contributed by atoms with Crippen LogP contribution in [-0.2, 0) is 14.9 Å². The van der Waals surface area contributed by atoms with Gasteiger partial charge in [-0.1, -0.05) is 69.3 Å². The molecule has 3 aromatic carbocycles. The summed E-state index contributed by atoms with van der Waals surface area (Å²) in [7, 11) is 1.41. The van der Waals surface area contributed by atoms with Crippen molar-refractivity contribution in [2.24, 2.45) is 0 Å². The van der Waals surface area contributed by atoms with Gasteiger partial charge in [0.05, 0.1) is 13.2 Å². The van der Waals surface area contributed by atoms with Crippen LogP contribution >= 0.6 is 0 Å². The molecule has 1 amide bonds. The highest BCUT2D eigenvalue weighted by Gasteiger charge is 2.37. The van der Waals surface area contributed by atoms with Gasteiger partial charge in [0.15, 0.2) is 0 Å². The molecule has 0 aromatic heterocycles. The lowest BCUT2D eigenvalue weighted by Gasteiger charge is -2.44. The van der Waals surface area contributed by atoms with Gasteiger partial charge in [-0.2, -0.15) is 0 Å². The van der Waals surface area contributed by atoms with Crippen LogP contribution in [0.1, 0.15) is 61.6 Å². The van der Waals surface area contributed by atoms with Crippen LogP contribution in [0.5, 0.6) is 0 Å². The smallest absolute Gasteiger partial charge is 0.325 e. The number of ether oxygens (including phenoxy) is 1. The minimum Gasteiger partial charge on any atom is -0.468 e. The molecule has 35 heavy (non-hydrogen) atoms. The Kier molecular flexibility index (Phi) is 6.97. The number of carbonyl (C=O) groups is 2. The van der Waals surface area contributed by atoms with E-state index in [0.717, 1.165) is 16.9 Å². The average molecular weight is 471 g/mol. The zero-order valence-corrected chi connectivity index (χ0v) is 21.2. The maximum Gasteiger partial charge on any atom is 0.325 e. The number of hydrogen-bond acceptors (Lipinski definition) is 4. The number of methoxy groups -OCH3 is 1. The van der Waals surface area contributed by atoms with Crippen molar-refractivity contribution >= 4 is 23.3 Å². The molecule has 0 N–H and O–H groups in total. The Morgan fingerprint density at radius 1 is 0.943 bits per heavy atom. The predicted molar refractivity (Wildman–Crippen MR) is 141 cm³/mol. The van der Waals surface area contributed by atoms with Crippen molar-refractivity contribution in [3.63, 3.8) is 0 Å². The van der Waals surface area contributed by atoms with Gasteiger partial charge in [-0.05, 0) is 60.2 Å². The summed E-state index contributed by atoms with van der Waals surface area (Å²) in [6, 6.07) is 25.7. The van der Waals surface area contributed by atoms with Gasteiger partial charge in [0.25, 0.3) is 5.91 Å². The van der Waals surface area contributed by atoms with Gasteiger partial charge in [-0.25, -0.2) is 0 Å². The second-order valence-corrected chi connectivity index (χ2v) is 10.2. The van der Waals surface area contributed by atoms with Crippen molar-refractivity contribution < 1.29 is 14.3 Å². The number of benzene rings is 3. The quantitative estimate of drug-likeness (QED) is 0.420. The number of nitrogens with zero attached hydrogens (tertiary/aromatic N) is 2. The van der Waals surface area contributed by atoms with E-state index in [1.54, 1.807) is 0 Å². The number of para-hydroxylation sites is 2. The number of esters is 1. The second kappa shape index (κ2) is 9.95. The third-order valence-electron chi connectivity index (χ3n) is 6.77. The summed E-state index contributed by atoms with van der Waals surface area (Å²) < 4.78 is 5.01. The van der Waals surface area contributed by atoms with Gasteiger partial charge in [-0.15, -0.1) is 0 Å². The summed E-state index contributed by atoms with van der Waals surface area (Å²) >= 11 is 0. The summed E-state index contributed by atoms with van der Waals surface area (Å²) in [6.45, 7) is 8.71. The molecule has 1 aliphatic heterocycles. The molecule has 5 nitrogen and oxygen atoms in total. The first-order valence-electron chi connectivity index (χ1n) is 12.1. The Balaban J connectivity index is 1.72. The van der Waals surface area contributed by atoms with Crippen molar-refractivity contribution in [1.82, 2.24) is 0 Å². The molecule has 5 heteroatoms. The van der Waals surface area contributed by atoms with E-state index in [0.29, 0.717) is 12.0 Å². The predicted octanol–water partition coefficient (Wildman–Crippen LogP) is 6.14. The summed E-state index contributed by atoms with van der Waals surface area (Å²) in [4.78, 5) is 30.1. The normalized spacial score (nSPS) is 17.5. The molecular weight excluding hydrogens is 436 g/mol. The topological polar surface area (TPSA) is 49.9 Å². The summed E-state index contributed by atoms with van der Waals surface area (Å²) in [6.07, 6.45) is 0.689. The fraction of sp³-hybridized carbons (Fsp3) is 0.333. The van der Waals surface area contributed by atoms with Gasteiger partial charge >= 0.3 is 5.97 Å². The lowest BCUT2D eigenvalue weighted by molar-refractivity contribution is -0.139. The second-order valence-electron chi connectivity index (χ2n) is 10.2. The van der Waals surface area contributed by atoms with E-state index in [2.05, 4.69) is 38.7 Å². The SMILES string of the molecule is COC(=O)CN(c1ccccc1)[C@H]1C[C@@H](C)N(C(=O)c2ccc(C(C)(C)C)cc2)c2ccccc21. The first-order chi connectivity index (χ1) is 16.7. The number of rotatable bonds is 5. The lowest BCUT2D eigenvalue weighted by atomic mass is 9.86. The molecule has 4 rings (SSSR count). The monoisotopic (exact) mass is 470 g/mol. The van der Waals surface area contributed by atoms with Crippen molar-refractivity contribution in [3.05, 3.63) is 95.6 Å². The molecule has 0 fully saturated rings. The average Bonchev–Trinajstić information content (AvgIpc) is 2.86. The number of hydrogen-bond donors (Lipinski definition) is 0. The Morgan fingerprint density at radius 2 is 1.57 bits per heavy atom. The Bertz CT molecular complexity index is 1180. The third-order valence-corrected chi connectivity index (χ3v) is 6.77. The molecule has 182 valence electrons. The minimum atomic E-state index is -0.295. The van der Waals surface area contributed by atoms with Crippen molar-refractivity contribution in [2.45, 2.75) is 51.6 Å². The summed E-state index contributed by atoms with van der Waals surface area (Å²) in [5.74, 6) is -0.306. The standard InChI is InChI=1S/C30H34N2O3/c1-21-19-27(31(20-28(33)35-5)24-11-7-6-8-12-24)25-13-9-10-14-26(25)32(21)29(34)22-15-17-23(18-16-22)30(2,3)4/h6-18,21,27H,19-20H2,1-5H3/t21-,27+/m1/s1. The van der Waals surface area contributed by atoms with E-state index in [1.165, 1.54) is 12.7 Å². The number of carbonyl (C=O) groups excluding carboxylic acids is 2. The fourth-order valence-corrected chi connectivity index (χ4v) is 4.84. The molecule has 0 saturated carbocycles. The fourth-order valence-electron chi connectivity index (χ4n) is 4.84. The van der Waals surface area contributed by atoms with E-state index < -0.39 is 0 Å². The molecule has 1 aliphatic rings. The summed E-state index contributed by atoms with van der Waals surface area (Å²) in [5, 5.41) is 0. The van der Waals surface area contributed by atoms with Crippen LogP contribution in [0, 0.1) is 0 Å². The van der Waals surface area contributed by atoms with Crippen LogP contribution in [0.25, 0.3) is 0 Å². The molecule has 0 aliphatic carbocycles. The van der Waals surface area contributed by atoms with E-state index in [1.807, 2.05) is 77.7 Å². The largest absolute Gasteiger partial charge is 0.468 e. The van der Waals surface area contributed by atoms with E-state index in [-0.39, 0.29) is 35.9 Å². The Labute approximate surface area is 208 Å². The van der Waals surface area contributed by atoms with Crippen LogP contribution < -0.4 is 9.80 Å². The van der Waals surface area contributed by atoms with Gasteiger partial charge in [0, 0.05) is 23.0 Å². The molecular formula is C30H34N2O3. The molecule has 0 unspecified atom stereocenters. The van der Waals surface area contributed by atoms with Crippen LogP contribution in [0.15, 0.2) is 78.9 Å². The van der Waals surface area contributed by atoms with Gasteiger partial charge < -0.3 is 14.5 Å². The van der Waals surface area contributed by atoms with Crippen LogP contribution in [-0.4, -0.2) is 31.6 Å². The summed E-state index contributed by atoms with van der Waals surface area (Å²) in [5.41, 5.74) is 4.75. The number of amides is 1. The van der Waals surface area contributed by atoms with Crippen molar-refractivity contribution in [1.29, 1.82) is 0 Å².